The molecular formula is C26H42N4O4. The minimum absolute atomic E-state index is 0.116. The van der Waals surface area contributed by atoms with Crippen molar-refractivity contribution in [3.8, 4) is 0 Å². The molecule has 190 valence electrons. The molecule has 0 aromatic heterocycles. The highest BCUT2D eigenvalue weighted by atomic mass is 16.2. The van der Waals surface area contributed by atoms with Crippen molar-refractivity contribution in [1.82, 2.24) is 20.4 Å². The van der Waals surface area contributed by atoms with Gasteiger partial charge >= 0.3 is 0 Å². The first kappa shape index (κ1) is 30.8. The number of carbonyl (C=O) groups excluding carboxylic acids is 4. The summed E-state index contributed by atoms with van der Waals surface area (Å²) in [6.07, 6.45) is 2.66. The standard InChI is InChI=1S/C26H42N4O4/c1-19(2)23(31)27-13-11-17-29(25(33)21(5)6)15-9-10-16-30(26(34)22(7)8)18-12-14-28-24(32)20(3)4/h1,3,5,7,9-18H2,2,4,6,8H3,(H,27,31)(H,28,32). The highest BCUT2D eigenvalue weighted by Gasteiger charge is 2.16. The van der Waals surface area contributed by atoms with Gasteiger partial charge in [0.2, 0.25) is 23.6 Å². The molecule has 0 radical (unpaired) electrons. The number of amides is 4. The molecule has 0 unspecified atom stereocenters. The minimum Gasteiger partial charge on any atom is -0.352 e. The number of carbonyl (C=O) groups is 4. The van der Waals surface area contributed by atoms with Crippen LogP contribution in [0.4, 0.5) is 0 Å². The van der Waals surface area contributed by atoms with Gasteiger partial charge in [-0.25, -0.2) is 0 Å². The smallest absolute Gasteiger partial charge is 0.248 e. The van der Waals surface area contributed by atoms with Crippen LogP contribution < -0.4 is 10.6 Å². The highest BCUT2D eigenvalue weighted by molar-refractivity contribution is 5.93. The summed E-state index contributed by atoms with van der Waals surface area (Å²) >= 11 is 0. The zero-order valence-electron chi connectivity index (χ0n) is 21.4. The molecule has 0 fully saturated rings. The van der Waals surface area contributed by atoms with Crippen LogP contribution in [0.3, 0.4) is 0 Å². The number of hydrogen-bond acceptors (Lipinski definition) is 4. The Bertz CT molecular complexity index is 735. The lowest BCUT2D eigenvalue weighted by molar-refractivity contribution is -0.128. The van der Waals surface area contributed by atoms with Crippen LogP contribution in [-0.4, -0.2) is 72.7 Å². The highest BCUT2D eigenvalue weighted by Crippen LogP contribution is 2.07. The summed E-state index contributed by atoms with van der Waals surface area (Å²) in [7, 11) is 0. The van der Waals surface area contributed by atoms with E-state index in [1.54, 1.807) is 37.5 Å². The first-order chi connectivity index (χ1) is 15.9. The van der Waals surface area contributed by atoms with E-state index in [0.717, 1.165) is 0 Å². The molecule has 34 heavy (non-hydrogen) atoms. The van der Waals surface area contributed by atoms with Crippen molar-refractivity contribution in [2.45, 2.75) is 53.4 Å². The van der Waals surface area contributed by atoms with Crippen LogP contribution in [0, 0.1) is 0 Å². The fourth-order valence-electron chi connectivity index (χ4n) is 3.02. The van der Waals surface area contributed by atoms with E-state index in [2.05, 4.69) is 36.9 Å². The third-order valence-electron chi connectivity index (χ3n) is 4.97. The first-order valence-electron chi connectivity index (χ1n) is 11.6. The van der Waals surface area contributed by atoms with Crippen LogP contribution in [0.25, 0.3) is 0 Å². The van der Waals surface area contributed by atoms with Gasteiger partial charge < -0.3 is 20.4 Å². The van der Waals surface area contributed by atoms with E-state index in [1.165, 1.54) is 0 Å². The fraction of sp³-hybridized carbons (Fsp3) is 0.538. The molecule has 0 aliphatic rings. The van der Waals surface area contributed by atoms with Gasteiger partial charge in [-0.05, 0) is 53.4 Å². The Morgan fingerprint density at radius 1 is 0.529 bits per heavy atom. The third-order valence-corrected chi connectivity index (χ3v) is 4.97. The Morgan fingerprint density at radius 2 is 0.824 bits per heavy atom. The van der Waals surface area contributed by atoms with Gasteiger partial charge in [-0.1, -0.05) is 26.3 Å². The molecule has 0 rings (SSSR count). The molecule has 0 saturated heterocycles. The molecule has 4 amide bonds. The summed E-state index contributed by atoms with van der Waals surface area (Å²) < 4.78 is 0. The van der Waals surface area contributed by atoms with Crippen molar-refractivity contribution in [2.75, 3.05) is 39.3 Å². The maximum absolute atomic E-state index is 12.5. The normalized spacial score (nSPS) is 10.1. The van der Waals surface area contributed by atoms with Crippen molar-refractivity contribution in [3.63, 3.8) is 0 Å². The van der Waals surface area contributed by atoms with Gasteiger partial charge in [-0.15, -0.1) is 0 Å². The molecule has 8 nitrogen and oxygen atoms in total. The molecule has 0 aromatic carbocycles. The molecule has 0 heterocycles. The summed E-state index contributed by atoms with van der Waals surface area (Å²) in [6, 6.07) is 0. The van der Waals surface area contributed by atoms with Crippen molar-refractivity contribution >= 4 is 23.6 Å². The second-order valence-corrected chi connectivity index (χ2v) is 8.63. The van der Waals surface area contributed by atoms with Gasteiger partial charge in [0.1, 0.15) is 0 Å². The maximum Gasteiger partial charge on any atom is 0.248 e. The molecule has 0 saturated carbocycles. The summed E-state index contributed by atoms with van der Waals surface area (Å²) in [5.74, 6) is -0.623. The molecule has 0 spiro atoms. The van der Waals surface area contributed by atoms with Crippen LogP contribution in [0.15, 0.2) is 48.6 Å². The van der Waals surface area contributed by atoms with Crippen LogP contribution in [0.5, 0.6) is 0 Å². The fourth-order valence-corrected chi connectivity index (χ4v) is 3.02. The summed E-state index contributed by atoms with van der Waals surface area (Å²) in [5.41, 5.74) is 1.81. The van der Waals surface area contributed by atoms with Gasteiger partial charge in [0.05, 0.1) is 0 Å². The zero-order chi connectivity index (χ0) is 26.3. The second-order valence-electron chi connectivity index (χ2n) is 8.63. The monoisotopic (exact) mass is 474 g/mol. The molecule has 0 aliphatic heterocycles. The topological polar surface area (TPSA) is 98.8 Å². The molecule has 8 heteroatoms. The number of hydrogen-bond donors (Lipinski definition) is 2. The SMILES string of the molecule is C=C(C)C(=O)NCCCN(CCCCN(CCCNC(=O)C(=C)C)C(=O)C(=C)C)C(=O)C(=C)C. The van der Waals surface area contributed by atoms with Gasteiger partial charge in [-0.3, -0.25) is 19.2 Å². The van der Waals surface area contributed by atoms with Gasteiger partial charge in [0, 0.05) is 61.6 Å². The second kappa shape index (κ2) is 16.5. The van der Waals surface area contributed by atoms with Crippen molar-refractivity contribution in [1.29, 1.82) is 0 Å². The van der Waals surface area contributed by atoms with E-state index >= 15 is 0 Å². The molecule has 0 atom stereocenters. The van der Waals surface area contributed by atoms with Crippen molar-refractivity contribution in [3.05, 3.63) is 48.6 Å². The third kappa shape index (κ3) is 12.8. The number of unbranched alkanes of at least 4 members (excludes halogenated alkanes) is 1. The average Bonchev–Trinajstić information content (AvgIpc) is 2.77. The zero-order valence-corrected chi connectivity index (χ0v) is 21.4. The van der Waals surface area contributed by atoms with E-state index in [9.17, 15) is 19.2 Å². The Labute approximate surface area is 204 Å². The lowest BCUT2D eigenvalue weighted by Crippen LogP contribution is -2.37. The van der Waals surface area contributed by atoms with Crippen LogP contribution in [0.1, 0.15) is 53.4 Å². The van der Waals surface area contributed by atoms with E-state index in [1.807, 2.05) is 0 Å². The van der Waals surface area contributed by atoms with Crippen LogP contribution in [-0.2, 0) is 19.2 Å². The molecular weight excluding hydrogens is 432 g/mol. The van der Waals surface area contributed by atoms with E-state index in [0.29, 0.717) is 87.2 Å². The minimum atomic E-state index is -0.195. The largest absolute Gasteiger partial charge is 0.352 e. The van der Waals surface area contributed by atoms with Crippen molar-refractivity contribution in [2.24, 2.45) is 0 Å². The maximum atomic E-state index is 12.5. The van der Waals surface area contributed by atoms with Gasteiger partial charge in [0.25, 0.3) is 0 Å². The first-order valence-corrected chi connectivity index (χ1v) is 11.6. The lowest BCUT2D eigenvalue weighted by atomic mass is 10.2. The van der Waals surface area contributed by atoms with E-state index in [4.69, 9.17) is 0 Å². The number of nitrogens with one attached hydrogen (secondary N) is 2. The molecule has 2 N–H and O–H groups in total. The van der Waals surface area contributed by atoms with E-state index < -0.39 is 0 Å². The van der Waals surface area contributed by atoms with E-state index in [-0.39, 0.29) is 23.6 Å². The Hall–Kier alpha value is -3.16. The molecule has 0 aromatic rings. The summed E-state index contributed by atoms with van der Waals surface area (Å²) in [6.45, 7) is 24.3. The average molecular weight is 475 g/mol. The number of rotatable bonds is 17. The molecule has 0 aliphatic carbocycles. The Morgan fingerprint density at radius 3 is 1.09 bits per heavy atom. The van der Waals surface area contributed by atoms with Crippen LogP contribution in [0.2, 0.25) is 0 Å². The quantitative estimate of drug-likeness (QED) is 0.250. The van der Waals surface area contributed by atoms with Gasteiger partial charge in [0.15, 0.2) is 0 Å². The van der Waals surface area contributed by atoms with Crippen molar-refractivity contribution < 1.29 is 19.2 Å². The van der Waals surface area contributed by atoms with Crippen LogP contribution >= 0.6 is 0 Å². The predicted octanol–water partition coefficient (Wildman–Crippen LogP) is 2.74. The molecule has 0 bridgehead atoms. The predicted molar refractivity (Wildman–Crippen MR) is 137 cm³/mol. The Balaban J connectivity index is 4.68. The lowest BCUT2D eigenvalue weighted by Gasteiger charge is -2.25. The van der Waals surface area contributed by atoms with Gasteiger partial charge in [-0.2, -0.15) is 0 Å². The number of nitrogens with zero attached hydrogens (tertiary/aromatic N) is 2. The summed E-state index contributed by atoms with van der Waals surface area (Å²) in [4.78, 5) is 51.6. The Kier molecular flexibility index (Phi) is 14.9. The summed E-state index contributed by atoms with van der Waals surface area (Å²) in [5, 5.41) is 5.53.